The monoisotopic (exact) mass is 326 g/mol. The van der Waals surface area contributed by atoms with Crippen molar-refractivity contribution < 1.29 is 9.21 Å². The van der Waals surface area contributed by atoms with E-state index in [-0.39, 0.29) is 11.8 Å². The van der Waals surface area contributed by atoms with Crippen molar-refractivity contribution in [2.24, 2.45) is 5.92 Å². The van der Waals surface area contributed by atoms with Gasteiger partial charge in [-0.3, -0.25) is 4.79 Å². The molecular weight excluding hydrogens is 300 g/mol. The third-order valence-electron chi connectivity index (χ3n) is 4.72. The van der Waals surface area contributed by atoms with Gasteiger partial charge in [-0.15, -0.1) is 0 Å². The summed E-state index contributed by atoms with van der Waals surface area (Å²) in [5, 5.41) is 3.33. The molecule has 0 radical (unpaired) electrons. The summed E-state index contributed by atoms with van der Waals surface area (Å²) < 4.78 is 5.46. The molecule has 2 aromatic rings. The number of rotatable bonds is 6. The Bertz CT molecular complexity index is 628. The molecule has 1 N–H and O–H groups in total. The summed E-state index contributed by atoms with van der Waals surface area (Å²) in [4.78, 5) is 14.9. The van der Waals surface area contributed by atoms with Gasteiger partial charge in [-0.2, -0.15) is 0 Å². The van der Waals surface area contributed by atoms with Crippen molar-refractivity contribution in [2.45, 2.75) is 32.7 Å². The predicted molar refractivity (Wildman–Crippen MR) is 94.6 cm³/mol. The van der Waals surface area contributed by atoms with Crippen LogP contribution in [0.1, 0.15) is 29.7 Å². The highest BCUT2D eigenvalue weighted by Crippen LogP contribution is 2.18. The SMILES string of the molecule is Cc1ccc(CCN(Cc2ccco2)C(=O)C2CCNCC2)cc1. The number of amides is 1. The van der Waals surface area contributed by atoms with Crippen molar-refractivity contribution in [3.63, 3.8) is 0 Å². The molecule has 1 fully saturated rings. The molecule has 1 aromatic carbocycles. The van der Waals surface area contributed by atoms with Crippen LogP contribution < -0.4 is 5.32 Å². The van der Waals surface area contributed by atoms with Crippen LogP contribution in [-0.2, 0) is 17.8 Å². The van der Waals surface area contributed by atoms with Crippen LogP contribution in [0.5, 0.6) is 0 Å². The van der Waals surface area contributed by atoms with Crippen molar-refractivity contribution in [1.29, 1.82) is 0 Å². The Kier molecular flexibility index (Phi) is 5.70. The first-order chi connectivity index (χ1) is 11.7. The van der Waals surface area contributed by atoms with Crippen molar-refractivity contribution in [1.82, 2.24) is 10.2 Å². The zero-order valence-electron chi connectivity index (χ0n) is 14.3. The number of piperidine rings is 1. The Morgan fingerprint density at radius 1 is 1.21 bits per heavy atom. The van der Waals surface area contributed by atoms with Gasteiger partial charge in [0, 0.05) is 12.5 Å². The summed E-state index contributed by atoms with van der Waals surface area (Å²) in [5.74, 6) is 1.25. The Morgan fingerprint density at radius 2 is 1.96 bits per heavy atom. The molecule has 4 nitrogen and oxygen atoms in total. The second kappa shape index (κ2) is 8.15. The normalized spacial score (nSPS) is 15.4. The third kappa shape index (κ3) is 4.48. The number of benzene rings is 1. The van der Waals surface area contributed by atoms with E-state index in [9.17, 15) is 4.79 Å². The highest BCUT2D eigenvalue weighted by Gasteiger charge is 2.26. The van der Waals surface area contributed by atoms with E-state index in [1.54, 1.807) is 6.26 Å². The van der Waals surface area contributed by atoms with Crippen LogP contribution in [0.2, 0.25) is 0 Å². The van der Waals surface area contributed by atoms with Crippen molar-refractivity contribution in [3.8, 4) is 0 Å². The smallest absolute Gasteiger partial charge is 0.226 e. The van der Waals surface area contributed by atoms with Crippen molar-refractivity contribution in [3.05, 3.63) is 59.5 Å². The number of aryl methyl sites for hydroxylation is 1. The van der Waals surface area contributed by atoms with E-state index in [0.29, 0.717) is 6.54 Å². The average molecular weight is 326 g/mol. The number of nitrogens with one attached hydrogen (secondary N) is 1. The van der Waals surface area contributed by atoms with Gasteiger partial charge in [0.15, 0.2) is 0 Å². The molecule has 1 saturated heterocycles. The first-order valence-corrected chi connectivity index (χ1v) is 8.80. The van der Waals surface area contributed by atoms with Gasteiger partial charge >= 0.3 is 0 Å². The number of hydrogen-bond acceptors (Lipinski definition) is 3. The van der Waals surface area contributed by atoms with Crippen LogP contribution in [0.25, 0.3) is 0 Å². The second-order valence-corrected chi connectivity index (χ2v) is 6.60. The maximum atomic E-state index is 13.0. The fourth-order valence-electron chi connectivity index (χ4n) is 3.20. The van der Waals surface area contributed by atoms with E-state index >= 15 is 0 Å². The Morgan fingerprint density at radius 3 is 2.62 bits per heavy atom. The number of carbonyl (C=O) groups is 1. The van der Waals surface area contributed by atoms with Crippen LogP contribution >= 0.6 is 0 Å². The zero-order valence-corrected chi connectivity index (χ0v) is 14.3. The summed E-state index contributed by atoms with van der Waals surface area (Å²) in [7, 11) is 0. The highest BCUT2D eigenvalue weighted by molar-refractivity contribution is 5.79. The van der Waals surface area contributed by atoms with Gasteiger partial charge in [-0.05, 0) is 57.0 Å². The minimum absolute atomic E-state index is 0.138. The predicted octanol–water partition coefficient (Wildman–Crippen LogP) is 3.16. The topological polar surface area (TPSA) is 45.5 Å². The molecule has 1 aliphatic heterocycles. The second-order valence-electron chi connectivity index (χ2n) is 6.60. The Labute approximate surface area is 143 Å². The molecule has 3 rings (SSSR count). The minimum Gasteiger partial charge on any atom is -0.467 e. The van der Waals surface area contributed by atoms with Crippen LogP contribution in [0.3, 0.4) is 0 Å². The summed E-state index contributed by atoms with van der Waals surface area (Å²) in [6, 6.07) is 12.4. The molecule has 0 bridgehead atoms. The molecule has 24 heavy (non-hydrogen) atoms. The van der Waals surface area contributed by atoms with E-state index in [1.807, 2.05) is 17.0 Å². The first kappa shape index (κ1) is 16.8. The van der Waals surface area contributed by atoms with E-state index in [2.05, 4.69) is 36.5 Å². The molecule has 0 saturated carbocycles. The fraction of sp³-hybridized carbons (Fsp3) is 0.450. The molecule has 1 amide bonds. The van der Waals surface area contributed by atoms with Gasteiger partial charge in [0.05, 0.1) is 12.8 Å². The third-order valence-corrected chi connectivity index (χ3v) is 4.72. The van der Waals surface area contributed by atoms with Gasteiger partial charge < -0.3 is 14.6 Å². The minimum atomic E-state index is 0.138. The molecule has 1 aliphatic rings. The standard InChI is InChI=1S/C20H26N2O2/c1-16-4-6-17(7-5-16)10-13-22(15-19-3-2-14-24-19)20(23)18-8-11-21-12-9-18/h2-7,14,18,21H,8-13,15H2,1H3. The quantitative estimate of drug-likeness (QED) is 0.887. The Hall–Kier alpha value is -2.07. The molecule has 0 atom stereocenters. The number of furan rings is 1. The van der Waals surface area contributed by atoms with Gasteiger partial charge in [-0.25, -0.2) is 0 Å². The first-order valence-electron chi connectivity index (χ1n) is 8.80. The summed E-state index contributed by atoms with van der Waals surface area (Å²) in [6.45, 7) is 5.24. The van der Waals surface area contributed by atoms with Crippen LogP contribution in [0.4, 0.5) is 0 Å². The molecule has 4 heteroatoms. The average Bonchev–Trinajstić information content (AvgIpc) is 3.13. The van der Waals surface area contributed by atoms with Gasteiger partial charge in [0.1, 0.15) is 5.76 Å². The molecule has 2 heterocycles. The van der Waals surface area contributed by atoms with E-state index in [4.69, 9.17) is 4.42 Å². The summed E-state index contributed by atoms with van der Waals surface area (Å²) in [6.07, 6.45) is 4.40. The largest absolute Gasteiger partial charge is 0.467 e. The van der Waals surface area contributed by atoms with Crippen molar-refractivity contribution in [2.75, 3.05) is 19.6 Å². The van der Waals surface area contributed by atoms with E-state index < -0.39 is 0 Å². The summed E-state index contributed by atoms with van der Waals surface area (Å²) in [5.41, 5.74) is 2.53. The lowest BCUT2D eigenvalue weighted by molar-refractivity contribution is -0.137. The lowest BCUT2D eigenvalue weighted by Crippen LogP contribution is -2.41. The highest BCUT2D eigenvalue weighted by atomic mass is 16.3. The van der Waals surface area contributed by atoms with Crippen molar-refractivity contribution >= 4 is 5.91 Å². The van der Waals surface area contributed by atoms with Gasteiger partial charge in [0.2, 0.25) is 5.91 Å². The lowest BCUT2D eigenvalue weighted by atomic mass is 9.96. The van der Waals surface area contributed by atoms with Gasteiger partial charge in [-0.1, -0.05) is 29.8 Å². The number of nitrogens with zero attached hydrogens (tertiary/aromatic N) is 1. The zero-order chi connectivity index (χ0) is 16.8. The van der Waals surface area contributed by atoms with E-state index in [1.165, 1.54) is 11.1 Å². The Balaban J connectivity index is 1.66. The lowest BCUT2D eigenvalue weighted by Gasteiger charge is -2.29. The number of hydrogen-bond donors (Lipinski definition) is 1. The van der Waals surface area contributed by atoms with E-state index in [0.717, 1.165) is 44.7 Å². The molecular formula is C20H26N2O2. The molecule has 0 spiro atoms. The van der Waals surface area contributed by atoms with Crippen LogP contribution in [-0.4, -0.2) is 30.4 Å². The molecule has 0 aliphatic carbocycles. The maximum absolute atomic E-state index is 13.0. The summed E-state index contributed by atoms with van der Waals surface area (Å²) >= 11 is 0. The maximum Gasteiger partial charge on any atom is 0.226 e. The van der Waals surface area contributed by atoms with Crippen LogP contribution in [0, 0.1) is 12.8 Å². The number of carbonyl (C=O) groups excluding carboxylic acids is 1. The fourth-order valence-corrected chi connectivity index (χ4v) is 3.20. The molecule has 0 unspecified atom stereocenters. The van der Waals surface area contributed by atoms with Crippen LogP contribution in [0.15, 0.2) is 47.1 Å². The molecule has 128 valence electrons. The molecule has 1 aromatic heterocycles. The van der Waals surface area contributed by atoms with Gasteiger partial charge in [0.25, 0.3) is 0 Å².